The molecular weight excluding hydrogens is 404 g/mol. The molecule has 2 amide bonds. The van der Waals surface area contributed by atoms with Gasteiger partial charge in [0.2, 0.25) is 5.90 Å². The highest BCUT2D eigenvalue weighted by Gasteiger charge is 2.26. The zero-order chi connectivity index (χ0) is 21.9. The molecule has 1 saturated heterocycles. The van der Waals surface area contributed by atoms with Crippen molar-refractivity contribution in [2.24, 2.45) is 4.99 Å². The Hall–Kier alpha value is -3.12. The SMILES string of the molecule is Cc1cccc(COc2ccc3c(c2)CCN2CC3=CC(OCC3CCCO3)=NC2=O)c1. The number of urea groups is 1. The number of carbonyl (C=O) groups is 1. The van der Waals surface area contributed by atoms with Gasteiger partial charge in [-0.2, -0.15) is 4.99 Å². The molecule has 1 unspecified atom stereocenters. The fraction of sp³-hybridized carbons (Fsp3) is 0.385. The van der Waals surface area contributed by atoms with E-state index in [9.17, 15) is 4.79 Å². The normalized spacial score (nSPS) is 20.1. The van der Waals surface area contributed by atoms with Crippen molar-refractivity contribution in [1.29, 1.82) is 0 Å². The Labute approximate surface area is 188 Å². The van der Waals surface area contributed by atoms with E-state index in [1.807, 2.05) is 18.2 Å². The van der Waals surface area contributed by atoms with Crippen LogP contribution in [0.15, 0.2) is 53.5 Å². The van der Waals surface area contributed by atoms with Crippen LogP contribution in [-0.4, -0.2) is 49.2 Å². The molecule has 3 aliphatic rings. The summed E-state index contributed by atoms with van der Waals surface area (Å²) < 4.78 is 17.6. The summed E-state index contributed by atoms with van der Waals surface area (Å²) in [6, 6.07) is 14.3. The molecule has 5 rings (SSSR count). The molecule has 0 N–H and O–H groups in total. The number of nitrogens with zero attached hydrogens (tertiary/aromatic N) is 2. The number of rotatable bonds is 5. The fourth-order valence-electron chi connectivity index (χ4n) is 4.43. The lowest BCUT2D eigenvalue weighted by molar-refractivity contribution is 0.0643. The molecule has 0 radical (unpaired) electrons. The maximum Gasteiger partial charge on any atom is 0.347 e. The number of amides is 2. The highest BCUT2D eigenvalue weighted by molar-refractivity contribution is 6.04. The van der Waals surface area contributed by atoms with Crippen molar-refractivity contribution in [1.82, 2.24) is 4.90 Å². The zero-order valence-electron chi connectivity index (χ0n) is 18.4. The van der Waals surface area contributed by atoms with Crippen LogP contribution in [0.5, 0.6) is 5.75 Å². The quantitative estimate of drug-likeness (QED) is 0.696. The number of benzene rings is 2. The average molecular weight is 433 g/mol. The van der Waals surface area contributed by atoms with Crippen LogP contribution in [0.2, 0.25) is 0 Å². The van der Waals surface area contributed by atoms with Crippen molar-refractivity contribution in [2.45, 2.75) is 38.9 Å². The molecule has 3 heterocycles. The van der Waals surface area contributed by atoms with Gasteiger partial charge in [0.15, 0.2) is 0 Å². The lowest BCUT2D eigenvalue weighted by Gasteiger charge is -2.16. The molecule has 0 saturated carbocycles. The van der Waals surface area contributed by atoms with Crippen LogP contribution in [0.1, 0.15) is 35.1 Å². The van der Waals surface area contributed by atoms with Crippen LogP contribution in [0.4, 0.5) is 4.79 Å². The molecule has 2 aromatic carbocycles. The van der Waals surface area contributed by atoms with E-state index in [1.54, 1.807) is 4.90 Å². The van der Waals surface area contributed by atoms with Gasteiger partial charge in [0, 0.05) is 25.8 Å². The second-order valence-electron chi connectivity index (χ2n) is 8.62. The summed E-state index contributed by atoms with van der Waals surface area (Å²) in [6.45, 7) is 4.96. The van der Waals surface area contributed by atoms with Crippen LogP contribution in [0.25, 0.3) is 5.57 Å². The van der Waals surface area contributed by atoms with Crippen molar-refractivity contribution >= 4 is 17.5 Å². The Morgan fingerprint density at radius 2 is 2.12 bits per heavy atom. The van der Waals surface area contributed by atoms with Crippen LogP contribution in [0, 0.1) is 6.92 Å². The first kappa shape index (κ1) is 20.8. The van der Waals surface area contributed by atoms with Gasteiger partial charge in [-0.05, 0) is 60.6 Å². The average Bonchev–Trinajstić information content (AvgIpc) is 3.18. The van der Waals surface area contributed by atoms with Crippen LogP contribution in [0.3, 0.4) is 0 Å². The number of aryl methyl sites for hydroxylation is 1. The van der Waals surface area contributed by atoms with Crippen molar-refractivity contribution in [3.63, 3.8) is 0 Å². The van der Waals surface area contributed by atoms with E-state index >= 15 is 0 Å². The molecule has 32 heavy (non-hydrogen) atoms. The van der Waals surface area contributed by atoms with Gasteiger partial charge >= 0.3 is 6.03 Å². The third kappa shape index (κ3) is 4.70. The lowest BCUT2D eigenvalue weighted by atomic mass is 9.98. The standard InChI is InChI=1S/C26H28N2O4/c1-18-4-2-5-19(12-18)16-31-22-7-8-24-20(13-22)9-10-28-15-21(24)14-25(27-26(28)29)32-17-23-6-3-11-30-23/h2,4-5,7-8,12-14,23H,3,6,9-11,15-17H2,1H3. The van der Waals surface area contributed by atoms with Crippen LogP contribution < -0.4 is 4.74 Å². The van der Waals surface area contributed by atoms with Gasteiger partial charge in [-0.15, -0.1) is 0 Å². The fourth-order valence-corrected chi connectivity index (χ4v) is 4.43. The Morgan fingerprint density at radius 3 is 2.97 bits per heavy atom. The van der Waals surface area contributed by atoms with Gasteiger partial charge < -0.3 is 19.1 Å². The monoisotopic (exact) mass is 432 g/mol. The van der Waals surface area contributed by atoms with Crippen molar-refractivity contribution < 1.29 is 19.0 Å². The molecule has 2 bridgehead atoms. The highest BCUT2D eigenvalue weighted by Crippen LogP contribution is 2.30. The zero-order valence-corrected chi connectivity index (χ0v) is 18.4. The van der Waals surface area contributed by atoms with E-state index in [-0.39, 0.29) is 12.1 Å². The minimum Gasteiger partial charge on any atom is -0.489 e. The van der Waals surface area contributed by atoms with Gasteiger partial charge in [-0.3, -0.25) is 0 Å². The minimum absolute atomic E-state index is 0.0808. The predicted octanol–water partition coefficient (Wildman–Crippen LogP) is 4.54. The van der Waals surface area contributed by atoms with E-state index in [2.05, 4.69) is 42.2 Å². The second-order valence-corrected chi connectivity index (χ2v) is 8.62. The number of ether oxygens (including phenoxy) is 3. The van der Waals surface area contributed by atoms with E-state index in [0.717, 1.165) is 48.3 Å². The third-order valence-corrected chi connectivity index (χ3v) is 6.14. The molecule has 1 fully saturated rings. The molecule has 1 atom stereocenters. The first-order valence-electron chi connectivity index (χ1n) is 11.3. The largest absolute Gasteiger partial charge is 0.489 e. The lowest BCUT2D eigenvalue weighted by Crippen LogP contribution is -2.30. The molecule has 0 aromatic heterocycles. The molecule has 3 aliphatic heterocycles. The number of hydrogen-bond donors (Lipinski definition) is 0. The molecule has 166 valence electrons. The number of hydrogen-bond acceptors (Lipinski definition) is 4. The third-order valence-electron chi connectivity index (χ3n) is 6.14. The molecule has 6 heteroatoms. The smallest absolute Gasteiger partial charge is 0.347 e. The van der Waals surface area contributed by atoms with Gasteiger partial charge in [0.05, 0.1) is 6.10 Å². The summed E-state index contributed by atoms with van der Waals surface area (Å²) in [5.41, 5.74) is 5.71. The van der Waals surface area contributed by atoms with Crippen molar-refractivity contribution in [2.75, 3.05) is 26.3 Å². The maximum atomic E-state index is 12.7. The van der Waals surface area contributed by atoms with Crippen LogP contribution in [-0.2, 0) is 22.5 Å². The summed E-state index contributed by atoms with van der Waals surface area (Å²) in [6.07, 6.45) is 4.79. The summed E-state index contributed by atoms with van der Waals surface area (Å²) in [7, 11) is 0. The van der Waals surface area contributed by atoms with E-state index in [0.29, 0.717) is 32.2 Å². The summed E-state index contributed by atoms with van der Waals surface area (Å²) in [5, 5.41) is 0. The Bertz CT molecular complexity index is 1070. The Morgan fingerprint density at radius 1 is 1.19 bits per heavy atom. The molecular formula is C26H28N2O4. The number of carbonyl (C=O) groups excluding carboxylic acids is 1. The van der Waals surface area contributed by atoms with E-state index in [1.165, 1.54) is 11.1 Å². The first-order chi connectivity index (χ1) is 15.6. The Kier molecular flexibility index (Phi) is 5.95. The highest BCUT2D eigenvalue weighted by atomic mass is 16.5. The van der Waals surface area contributed by atoms with Crippen molar-refractivity contribution in [3.05, 3.63) is 70.8 Å². The minimum atomic E-state index is -0.248. The number of fused-ring (bicyclic) bond motifs is 4. The summed E-state index contributed by atoms with van der Waals surface area (Å²) >= 11 is 0. The topological polar surface area (TPSA) is 60.4 Å². The van der Waals surface area contributed by atoms with Gasteiger partial charge in [-0.25, -0.2) is 4.79 Å². The van der Waals surface area contributed by atoms with Gasteiger partial charge in [-0.1, -0.05) is 35.9 Å². The molecule has 2 aromatic rings. The van der Waals surface area contributed by atoms with Gasteiger partial charge in [0.1, 0.15) is 19.0 Å². The summed E-state index contributed by atoms with van der Waals surface area (Å²) in [4.78, 5) is 18.6. The number of aliphatic imine (C=N–C) groups is 1. The summed E-state index contributed by atoms with van der Waals surface area (Å²) in [5.74, 6) is 1.21. The van der Waals surface area contributed by atoms with Crippen LogP contribution >= 0.6 is 0 Å². The predicted molar refractivity (Wildman–Crippen MR) is 123 cm³/mol. The maximum absolute atomic E-state index is 12.7. The molecule has 6 nitrogen and oxygen atoms in total. The second kappa shape index (κ2) is 9.17. The van der Waals surface area contributed by atoms with E-state index < -0.39 is 0 Å². The first-order valence-corrected chi connectivity index (χ1v) is 11.3. The Balaban J connectivity index is 1.34. The molecule has 0 spiro atoms. The van der Waals surface area contributed by atoms with Crippen molar-refractivity contribution in [3.8, 4) is 5.75 Å². The van der Waals surface area contributed by atoms with Gasteiger partial charge in [0.25, 0.3) is 0 Å². The molecule has 0 aliphatic carbocycles. The van der Waals surface area contributed by atoms with E-state index in [4.69, 9.17) is 14.2 Å².